The summed E-state index contributed by atoms with van der Waals surface area (Å²) >= 11 is 0. The fourth-order valence-corrected chi connectivity index (χ4v) is 2.19. The van der Waals surface area contributed by atoms with E-state index in [9.17, 15) is 5.11 Å². The SMILES string of the molecule is COc1cc(O)c(C=NCC2CCCN2)c(OC)c1. The van der Waals surface area contributed by atoms with Crippen LogP contribution in [0.5, 0.6) is 17.2 Å². The number of nitrogens with one attached hydrogen (secondary N) is 1. The van der Waals surface area contributed by atoms with Crippen molar-refractivity contribution in [3.8, 4) is 17.2 Å². The number of methoxy groups -OCH3 is 2. The molecule has 1 aliphatic heterocycles. The van der Waals surface area contributed by atoms with E-state index in [-0.39, 0.29) is 5.75 Å². The van der Waals surface area contributed by atoms with E-state index in [2.05, 4.69) is 10.3 Å². The fourth-order valence-electron chi connectivity index (χ4n) is 2.19. The second kappa shape index (κ2) is 6.43. The number of rotatable bonds is 5. The van der Waals surface area contributed by atoms with Gasteiger partial charge in [-0.2, -0.15) is 0 Å². The summed E-state index contributed by atoms with van der Waals surface area (Å²) < 4.78 is 10.3. The first kappa shape index (κ1) is 13.7. The fraction of sp³-hybridized carbons (Fsp3) is 0.500. The van der Waals surface area contributed by atoms with Gasteiger partial charge in [0.15, 0.2) is 0 Å². The minimum absolute atomic E-state index is 0.110. The lowest BCUT2D eigenvalue weighted by molar-refractivity contribution is 0.384. The summed E-state index contributed by atoms with van der Waals surface area (Å²) in [7, 11) is 3.11. The van der Waals surface area contributed by atoms with Crippen LogP contribution in [0.2, 0.25) is 0 Å². The Hall–Kier alpha value is -1.75. The molecule has 5 nitrogen and oxygen atoms in total. The lowest BCUT2D eigenvalue weighted by Crippen LogP contribution is -2.24. The van der Waals surface area contributed by atoms with E-state index in [0.717, 1.165) is 13.0 Å². The number of aliphatic imine (C=N–C) groups is 1. The molecule has 1 aliphatic rings. The summed E-state index contributed by atoms with van der Waals surface area (Å²) in [5.41, 5.74) is 0.585. The third kappa shape index (κ3) is 3.38. The number of nitrogens with zero attached hydrogens (tertiary/aromatic N) is 1. The molecule has 0 aromatic heterocycles. The van der Waals surface area contributed by atoms with Crippen LogP contribution in [0.1, 0.15) is 18.4 Å². The molecule has 0 spiro atoms. The Kier molecular flexibility index (Phi) is 4.63. The van der Waals surface area contributed by atoms with E-state index in [1.807, 2.05) is 0 Å². The third-order valence-corrected chi connectivity index (χ3v) is 3.26. The van der Waals surface area contributed by atoms with E-state index in [4.69, 9.17) is 9.47 Å². The summed E-state index contributed by atoms with van der Waals surface area (Å²) in [6.07, 6.45) is 4.02. The Labute approximate surface area is 113 Å². The number of ether oxygens (including phenoxy) is 2. The highest BCUT2D eigenvalue weighted by Gasteiger charge is 2.13. The molecule has 1 saturated heterocycles. The van der Waals surface area contributed by atoms with Crippen LogP contribution in [0.25, 0.3) is 0 Å². The number of phenolic OH excluding ortho intramolecular Hbond substituents is 1. The van der Waals surface area contributed by atoms with E-state index >= 15 is 0 Å². The largest absolute Gasteiger partial charge is 0.507 e. The molecule has 1 fully saturated rings. The zero-order valence-electron chi connectivity index (χ0n) is 11.3. The van der Waals surface area contributed by atoms with Gasteiger partial charge in [0.1, 0.15) is 17.2 Å². The molecule has 5 heteroatoms. The van der Waals surface area contributed by atoms with Gasteiger partial charge in [-0.05, 0) is 19.4 Å². The van der Waals surface area contributed by atoms with Crippen LogP contribution in [0.4, 0.5) is 0 Å². The molecule has 0 saturated carbocycles. The quantitative estimate of drug-likeness (QED) is 0.793. The Bertz CT molecular complexity index is 454. The van der Waals surface area contributed by atoms with Crippen molar-refractivity contribution >= 4 is 6.21 Å². The highest BCUT2D eigenvalue weighted by molar-refractivity contribution is 5.87. The lowest BCUT2D eigenvalue weighted by atomic mass is 10.1. The molecule has 2 N–H and O–H groups in total. The number of aromatic hydroxyl groups is 1. The van der Waals surface area contributed by atoms with Gasteiger partial charge in [-0.25, -0.2) is 0 Å². The summed E-state index contributed by atoms with van der Waals surface area (Å²) in [4.78, 5) is 4.38. The van der Waals surface area contributed by atoms with Crippen LogP contribution in [0, 0.1) is 0 Å². The predicted molar refractivity (Wildman–Crippen MR) is 74.7 cm³/mol. The maximum Gasteiger partial charge on any atom is 0.135 e. The first-order valence-corrected chi connectivity index (χ1v) is 6.42. The topological polar surface area (TPSA) is 63.1 Å². The van der Waals surface area contributed by atoms with Crippen molar-refractivity contribution < 1.29 is 14.6 Å². The Morgan fingerprint density at radius 1 is 1.42 bits per heavy atom. The Morgan fingerprint density at radius 3 is 2.89 bits per heavy atom. The van der Waals surface area contributed by atoms with Crippen LogP contribution >= 0.6 is 0 Å². The molecular weight excluding hydrogens is 244 g/mol. The van der Waals surface area contributed by atoms with Crippen LogP contribution in [0.15, 0.2) is 17.1 Å². The van der Waals surface area contributed by atoms with Gasteiger partial charge >= 0.3 is 0 Å². The highest BCUT2D eigenvalue weighted by atomic mass is 16.5. The molecule has 0 amide bonds. The van der Waals surface area contributed by atoms with Crippen molar-refractivity contribution in [1.29, 1.82) is 0 Å². The van der Waals surface area contributed by atoms with Crippen LogP contribution in [0.3, 0.4) is 0 Å². The second-order valence-electron chi connectivity index (χ2n) is 4.55. The smallest absolute Gasteiger partial charge is 0.135 e. The summed E-state index contributed by atoms with van der Waals surface area (Å²) in [5, 5.41) is 13.3. The number of hydrogen-bond acceptors (Lipinski definition) is 5. The minimum Gasteiger partial charge on any atom is -0.507 e. The second-order valence-corrected chi connectivity index (χ2v) is 4.55. The first-order chi connectivity index (χ1) is 9.24. The van der Waals surface area contributed by atoms with Crippen molar-refractivity contribution in [2.45, 2.75) is 18.9 Å². The van der Waals surface area contributed by atoms with Crippen molar-refractivity contribution in [3.63, 3.8) is 0 Å². The van der Waals surface area contributed by atoms with Crippen molar-refractivity contribution in [2.75, 3.05) is 27.3 Å². The van der Waals surface area contributed by atoms with Crippen LogP contribution in [-0.2, 0) is 0 Å². The van der Waals surface area contributed by atoms with E-state index in [0.29, 0.717) is 29.6 Å². The molecule has 1 heterocycles. The standard InChI is InChI=1S/C14H20N2O3/c1-18-11-6-13(17)12(14(7-11)19-2)9-15-8-10-4-3-5-16-10/h6-7,9-10,16-17H,3-5,8H2,1-2H3. The lowest BCUT2D eigenvalue weighted by Gasteiger charge is -2.10. The zero-order chi connectivity index (χ0) is 13.7. The molecular formula is C14H20N2O3. The average Bonchev–Trinajstić information content (AvgIpc) is 2.93. The molecule has 19 heavy (non-hydrogen) atoms. The van der Waals surface area contributed by atoms with Gasteiger partial charge in [0.25, 0.3) is 0 Å². The molecule has 1 aromatic carbocycles. The van der Waals surface area contributed by atoms with Gasteiger partial charge in [-0.3, -0.25) is 4.99 Å². The summed E-state index contributed by atoms with van der Waals surface area (Å²) in [6, 6.07) is 3.73. The summed E-state index contributed by atoms with van der Waals surface area (Å²) in [6.45, 7) is 1.78. The average molecular weight is 264 g/mol. The van der Waals surface area contributed by atoms with Gasteiger partial charge < -0.3 is 19.9 Å². The Balaban J connectivity index is 2.11. The van der Waals surface area contributed by atoms with Crippen molar-refractivity contribution in [1.82, 2.24) is 5.32 Å². The predicted octanol–water partition coefficient (Wildman–Crippen LogP) is 1.58. The van der Waals surface area contributed by atoms with Crippen LogP contribution < -0.4 is 14.8 Å². The molecule has 0 bridgehead atoms. The number of phenols is 1. The highest BCUT2D eigenvalue weighted by Crippen LogP contribution is 2.31. The minimum atomic E-state index is 0.110. The monoisotopic (exact) mass is 264 g/mol. The molecule has 0 radical (unpaired) electrons. The molecule has 104 valence electrons. The van der Waals surface area contributed by atoms with Crippen molar-refractivity contribution in [2.24, 2.45) is 4.99 Å². The van der Waals surface area contributed by atoms with Gasteiger partial charge in [-0.1, -0.05) is 0 Å². The molecule has 0 aliphatic carbocycles. The normalized spacial score (nSPS) is 18.9. The summed E-state index contributed by atoms with van der Waals surface area (Å²) in [5.74, 6) is 1.23. The molecule has 2 rings (SSSR count). The first-order valence-electron chi connectivity index (χ1n) is 6.42. The van der Waals surface area contributed by atoms with E-state index in [1.165, 1.54) is 6.42 Å². The van der Waals surface area contributed by atoms with E-state index in [1.54, 1.807) is 32.6 Å². The molecule has 1 atom stereocenters. The van der Waals surface area contributed by atoms with Gasteiger partial charge in [0.05, 0.1) is 26.3 Å². The maximum atomic E-state index is 9.96. The molecule has 1 unspecified atom stereocenters. The Morgan fingerprint density at radius 2 is 2.26 bits per heavy atom. The van der Waals surface area contributed by atoms with Gasteiger partial charge in [0.2, 0.25) is 0 Å². The van der Waals surface area contributed by atoms with Gasteiger partial charge in [-0.15, -0.1) is 0 Å². The molecule has 1 aromatic rings. The third-order valence-electron chi connectivity index (χ3n) is 3.26. The maximum absolute atomic E-state index is 9.96. The van der Waals surface area contributed by atoms with Crippen LogP contribution in [-0.4, -0.2) is 44.7 Å². The van der Waals surface area contributed by atoms with Gasteiger partial charge in [0, 0.05) is 24.4 Å². The van der Waals surface area contributed by atoms with E-state index < -0.39 is 0 Å². The number of benzene rings is 1. The van der Waals surface area contributed by atoms with Crippen molar-refractivity contribution in [3.05, 3.63) is 17.7 Å². The zero-order valence-corrected chi connectivity index (χ0v) is 11.3. The number of hydrogen-bond donors (Lipinski definition) is 2.